The van der Waals surface area contributed by atoms with Crippen LogP contribution in [-0.4, -0.2) is 18.6 Å². The van der Waals surface area contributed by atoms with E-state index >= 15 is 0 Å². The van der Waals surface area contributed by atoms with Gasteiger partial charge in [-0.25, -0.2) is 0 Å². The number of benzene rings is 2. The van der Waals surface area contributed by atoms with Crippen LogP contribution in [0.3, 0.4) is 0 Å². The van der Waals surface area contributed by atoms with Crippen LogP contribution in [0.4, 0.5) is 0 Å². The topological polar surface area (TPSA) is 47.6 Å². The number of carbonyl (C=O) groups is 1. The van der Waals surface area contributed by atoms with Crippen LogP contribution in [0, 0.1) is 6.92 Å². The first-order chi connectivity index (χ1) is 11.1. The Bertz CT molecular complexity index is 637. The van der Waals surface area contributed by atoms with E-state index in [2.05, 4.69) is 5.32 Å². The van der Waals surface area contributed by atoms with Crippen LogP contribution in [0.2, 0.25) is 0 Å². The summed E-state index contributed by atoms with van der Waals surface area (Å²) in [6, 6.07) is 15.3. The average molecular weight is 313 g/mol. The van der Waals surface area contributed by atoms with Crippen LogP contribution < -0.4 is 14.8 Å². The molecule has 1 N–H and O–H groups in total. The molecule has 0 saturated carbocycles. The van der Waals surface area contributed by atoms with Gasteiger partial charge in [0, 0.05) is 6.54 Å². The molecule has 0 fully saturated rings. The van der Waals surface area contributed by atoms with Gasteiger partial charge >= 0.3 is 0 Å². The van der Waals surface area contributed by atoms with Gasteiger partial charge in [0.05, 0.1) is 6.61 Å². The molecule has 0 bridgehead atoms. The molecule has 122 valence electrons. The highest BCUT2D eigenvalue weighted by Crippen LogP contribution is 2.15. The van der Waals surface area contributed by atoms with Crippen molar-refractivity contribution in [1.82, 2.24) is 5.32 Å². The van der Waals surface area contributed by atoms with Gasteiger partial charge in [0.15, 0.2) is 6.10 Å². The summed E-state index contributed by atoms with van der Waals surface area (Å²) in [5, 5.41) is 2.88. The molecular weight excluding hydrogens is 290 g/mol. The molecule has 0 aliphatic carbocycles. The van der Waals surface area contributed by atoms with E-state index in [4.69, 9.17) is 9.47 Å². The van der Waals surface area contributed by atoms with Crippen molar-refractivity contribution in [2.45, 2.75) is 33.4 Å². The molecule has 1 atom stereocenters. The Morgan fingerprint density at radius 1 is 1.13 bits per heavy atom. The lowest BCUT2D eigenvalue weighted by Crippen LogP contribution is -2.35. The Morgan fingerprint density at radius 3 is 2.52 bits per heavy atom. The van der Waals surface area contributed by atoms with Crippen molar-refractivity contribution in [3.05, 3.63) is 59.7 Å². The first-order valence-corrected chi connectivity index (χ1v) is 7.81. The maximum atomic E-state index is 12.1. The SMILES string of the molecule is CCOc1ccc(CNC(=O)[C@H](C)Oc2cccc(C)c2)cc1. The van der Waals surface area contributed by atoms with Crippen molar-refractivity contribution in [2.75, 3.05) is 6.61 Å². The predicted octanol–water partition coefficient (Wildman–Crippen LogP) is 3.48. The van der Waals surface area contributed by atoms with E-state index in [9.17, 15) is 4.79 Å². The average Bonchev–Trinajstić information content (AvgIpc) is 2.54. The van der Waals surface area contributed by atoms with E-state index in [1.807, 2.05) is 62.4 Å². The molecule has 0 unspecified atom stereocenters. The van der Waals surface area contributed by atoms with Gasteiger partial charge in [-0.2, -0.15) is 0 Å². The van der Waals surface area contributed by atoms with E-state index in [1.54, 1.807) is 6.92 Å². The fourth-order valence-corrected chi connectivity index (χ4v) is 2.15. The van der Waals surface area contributed by atoms with Gasteiger partial charge in [0.25, 0.3) is 5.91 Å². The molecule has 2 rings (SSSR count). The van der Waals surface area contributed by atoms with Gasteiger partial charge in [-0.15, -0.1) is 0 Å². The number of amides is 1. The lowest BCUT2D eigenvalue weighted by atomic mass is 10.2. The number of aryl methyl sites for hydroxylation is 1. The zero-order valence-corrected chi connectivity index (χ0v) is 13.8. The molecule has 2 aromatic rings. The monoisotopic (exact) mass is 313 g/mol. The number of nitrogens with one attached hydrogen (secondary N) is 1. The van der Waals surface area contributed by atoms with Crippen LogP contribution in [0.1, 0.15) is 25.0 Å². The molecule has 4 nitrogen and oxygen atoms in total. The van der Waals surface area contributed by atoms with E-state index in [0.717, 1.165) is 16.9 Å². The summed E-state index contributed by atoms with van der Waals surface area (Å²) in [5.41, 5.74) is 2.12. The Hall–Kier alpha value is -2.49. The number of hydrogen-bond acceptors (Lipinski definition) is 3. The molecule has 0 radical (unpaired) electrons. The summed E-state index contributed by atoms with van der Waals surface area (Å²) in [6.45, 7) is 6.79. The smallest absolute Gasteiger partial charge is 0.261 e. The normalized spacial score (nSPS) is 11.6. The minimum atomic E-state index is -0.542. The molecule has 0 aliphatic rings. The second-order valence-electron chi connectivity index (χ2n) is 5.37. The molecule has 0 heterocycles. The molecular formula is C19H23NO3. The minimum absolute atomic E-state index is 0.139. The highest BCUT2D eigenvalue weighted by Gasteiger charge is 2.14. The lowest BCUT2D eigenvalue weighted by molar-refractivity contribution is -0.127. The standard InChI is InChI=1S/C19H23NO3/c1-4-22-17-10-8-16(9-11-17)13-20-19(21)15(3)23-18-7-5-6-14(2)12-18/h5-12,15H,4,13H2,1-3H3,(H,20,21)/t15-/m0/s1. The number of hydrogen-bond donors (Lipinski definition) is 1. The van der Waals surface area contributed by atoms with Crippen molar-refractivity contribution >= 4 is 5.91 Å². The quantitative estimate of drug-likeness (QED) is 0.851. The van der Waals surface area contributed by atoms with E-state index in [0.29, 0.717) is 18.9 Å². The number of rotatable bonds is 7. The Kier molecular flexibility index (Phi) is 6.03. The van der Waals surface area contributed by atoms with Crippen LogP contribution >= 0.6 is 0 Å². The second kappa shape index (κ2) is 8.22. The first kappa shape index (κ1) is 16.9. The Balaban J connectivity index is 1.83. The molecule has 0 saturated heterocycles. The van der Waals surface area contributed by atoms with E-state index in [-0.39, 0.29) is 5.91 Å². The molecule has 2 aromatic carbocycles. The molecule has 0 aliphatic heterocycles. The van der Waals surface area contributed by atoms with E-state index in [1.165, 1.54) is 0 Å². The third-order valence-corrected chi connectivity index (χ3v) is 3.37. The zero-order chi connectivity index (χ0) is 16.7. The molecule has 1 amide bonds. The summed E-state index contributed by atoms with van der Waals surface area (Å²) >= 11 is 0. The molecule has 23 heavy (non-hydrogen) atoms. The fraction of sp³-hybridized carbons (Fsp3) is 0.316. The van der Waals surface area contributed by atoms with Gasteiger partial charge < -0.3 is 14.8 Å². The predicted molar refractivity (Wildman–Crippen MR) is 90.7 cm³/mol. The maximum Gasteiger partial charge on any atom is 0.261 e. The van der Waals surface area contributed by atoms with Crippen molar-refractivity contribution in [2.24, 2.45) is 0 Å². The van der Waals surface area contributed by atoms with Gasteiger partial charge in [-0.1, -0.05) is 24.3 Å². The third kappa shape index (κ3) is 5.33. The summed E-state index contributed by atoms with van der Waals surface area (Å²) in [4.78, 5) is 12.1. The van der Waals surface area contributed by atoms with Crippen molar-refractivity contribution in [3.8, 4) is 11.5 Å². The lowest BCUT2D eigenvalue weighted by Gasteiger charge is -2.15. The number of carbonyl (C=O) groups excluding carboxylic acids is 1. The van der Waals surface area contributed by atoms with Gasteiger partial charge in [-0.05, 0) is 56.2 Å². The van der Waals surface area contributed by atoms with Gasteiger partial charge in [0.2, 0.25) is 0 Å². The van der Waals surface area contributed by atoms with Crippen molar-refractivity contribution < 1.29 is 14.3 Å². The van der Waals surface area contributed by atoms with Crippen molar-refractivity contribution in [1.29, 1.82) is 0 Å². The summed E-state index contributed by atoms with van der Waals surface area (Å²) in [7, 11) is 0. The second-order valence-corrected chi connectivity index (χ2v) is 5.37. The van der Waals surface area contributed by atoms with Crippen LogP contribution in [-0.2, 0) is 11.3 Å². The molecule has 0 spiro atoms. The molecule has 4 heteroatoms. The highest BCUT2D eigenvalue weighted by molar-refractivity contribution is 5.80. The minimum Gasteiger partial charge on any atom is -0.494 e. The molecule has 0 aromatic heterocycles. The van der Waals surface area contributed by atoms with Gasteiger partial charge in [0.1, 0.15) is 11.5 Å². The zero-order valence-electron chi connectivity index (χ0n) is 13.8. The Morgan fingerprint density at radius 2 is 1.87 bits per heavy atom. The maximum absolute atomic E-state index is 12.1. The number of ether oxygens (including phenoxy) is 2. The van der Waals surface area contributed by atoms with Crippen LogP contribution in [0.5, 0.6) is 11.5 Å². The summed E-state index contributed by atoms with van der Waals surface area (Å²) < 4.78 is 11.1. The largest absolute Gasteiger partial charge is 0.494 e. The highest BCUT2D eigenvalue weighted by atomic mass is 16.5. The Labute approximate surface area is 137 Å². The van der Waals surface area contributed by atoms with Crippen molar-refractivity contribution in [3.63, 3.8) is 0 Å². The van der Waals surface area contributed by atoms with Crippen LogP contribution in [0.25, 0.3) is 0 Å². The third-order valence-electron chi connectivity index (χ3n) is 3.37. The van der Waals surface area contributed by atoms with Gasteiger partial charge in [-0.3, -0.25) is 4.79 Å². The first-order valence-electron chi connectivity index (χ1n) is 7.81. The van der Waals surface area contributed by atoms with E-state index < -0.39 is 6.10 Å². The summed E-state index contributed by atoms with van der Waals surface area (Å²) in [5.74, 6) is 1.40. The van der Waals surface area contributed by atoms with Crippen LogP contribution in [0.15, 0.2) is 48.5 Å². The fourth-order valence-electron chi connectivity index (χ4n) is 2.15. The summed E-state index contributed by atoms with van der Waals surface area (Å²) in [6.07, 6.45) is -0.542.